The van der Waals surface area contributed by atoms with Crippen LogP contribution < -0.4 is 10.5 Å². The van der Waals surface area contributed by atoms with Gasteiger partial charge in [0.2, 0.25) is 0 Å². The van der Waals surface area contributed by atoms with Crippen molar-refractivity contribution in [3.8, 4) is 5.75 Å². The SMILES string of the molecule is CC(CCCN)Oc1ccccc1Br. The summed E-state index contributed by atoms with van der Waals surface area (Å²) in [6.45, 7) is 2.79. The van der Waals surface area contributed by atoms with Crippen LogP contribution in [0.1, 0.15) is 19.8 Å². The Bertz CT molecular complexity index is 278. The molecule has 0 spiro atoms. The fraction of sp³-hybridized carbons (Fsp3) is 0.455. The smallest absolute Gasteiger partial charge is 0.133 e. The fourth-order valence-electron chi connectivity index (χ4n) is 1.22. The van der Waals surface area contributed by atoms with Crippen molar-refractivity contribution in [2.75, 3.05) is 6.54 Å². The number of hydrogen-bond donors (Lipinski definition) is 1. The van der Waals surface area contributed by atoms with Gasteiger partial charge < -0.3 is 10.5 Å². The summed E-state index contributed by atoms with van der Waals surface area (Å²) in [6.07, 6.45) is 2.22. The van der Waals surface area contributed by atoms with Gasteiger partial charge in [-0.1, -0.05) is 12.1 Å². The van der Waals surface area contributed by atoms with Crippen LogP contribution in [0.4, 0.5) is 0 Å². The zero-order valence-corrected chi connectivity index (χ0v) is 9.96. The van der Waals surface area contributed by atoms with Gasteiger partial charge in [-0.25, -0.2) is 0 Å². The maximum absolute atomic E-state index is 5.74. The van der Waals surface area contributed by atoms with E-state index in [-0.39, 0.29) is 6.10 Å². The minimum atomic E-state index is 0.220. The maximum Gasteiger partial charge on any atom is 0.133 e. The lowest BCUT2D eigenvalue weighted by Gasteiger charge is -2.15. The maximum atomic E-state index is 5.74. The standard InChI is InChI=1S/C11H16BrNO/c1-9(5-4-8-13)14-11-7-3-2-6-10(11)12/h2-3,6-7,9H,4-5,8,13H2,1H3. The zero-order valence-electron chi connectivity index (χ0n) is 8.37. The van der Waals surface area contributed by atoms with Crippen molar-refractivity contribution in [3.05, 3.63) is 28.7 Å². The molecule has 0 aliphatic carbocycles. The summed E-state index contributed by atoms with van der Waals surface area (Å²) >= 11 is 3.44. The van der Waals surface area contributed by atoms with E-state index in [9.17, 15) is 0 Å². The first-order chi connectivity index (χ1) is 6.74. The van der Waals surface area contributed by atoms with Crippen LogP contribution in [0.5, 0.6) is 5.75 Å². The van der Waals surface area contributed by atoms with Gasteiger partial charge in [0.1, 0.15) is 5.75 Å². The highest BCUT2D eigenvalue weighted by atomic mass is 79.9. The Balaban J connectivity index is 2.47. The molecule has 0 bridgehead atoms. The third-order valence-corrected chi connectivity index (χ3v) is 2.63. The number of benzene rings is 1. The van der Waals surface area contributed by atoms with Crippen LogP contribution in [0.15, 0.2) is 28.7 Å². The molecule has 1 rings (SSSR count). The van der Waals surface area contributed by atoms with Crippen LogP contribution in [0.3, 0.4) is 0 Å². The first kappa shape index (κ1) is 11.5. The molecule has 0 amide bonds. The van der Waals surface area contributed by atoms with Gasteiger partial charge in [-0.2, -0.15) is 0 Å². The highest BCUT2D eigenvalue weighted by Gasteiger charge is 2.05. The van der Waals surface area contributed by atoms with Crippen LogP contribution in [-0.4, -0.2) is 12.6 Å². The van der Waals surface area contributed by atoms with Crippen LogP contribution >= 0.6 is 15.9 Å². The molecular formula is C11H16BrNO. The van der Waals surface area contributed by atoms with Crippen molar-refractivity contribution in [3.63, 3.8) is 0 Å². The van der Waals surface area contributed by atoms with Gasteiger partial charge in [-0.3, -0.25) is 0 Å². The summed E-state index contributed by atoms with van der Waals surface area (Å²) in [6, 6.07) is 7.88. The molecular weight excluding hydrogens is 242 g/mol. The second-order valence-electron chi connectivity index (χ2n) is 3.29. The van der Waals surface area contributed by atoms with Crippen LogP contribution in [0.2, 0.25) is 0 Å². The van der Waals surface area contributed by atoms with Gasteiger partial charge in [0.15, 0.2) is 0 Å². The number of rotatable bonds is 5. The molecule has 78 valence electrons. The van der Waals surface area contributed by atoms with Crippen molar-refractivity contribution >= 4 is 15.9 Å². The van der Waals surface area contributed by atoms with Crippen molar-refractivity contribution < 1.29 is 4.74 Å². The Morgan fingerprint density at radius 1 is 1.43 bits per heavy atom. The van der Waals surface area contributed by atoms with Crippen molar-refractivity contribution in [2.24, 2.45) is 5.73 Å². The van der Waals surface area contributed by atoms with E-state index in [2.05, 4.69) is 22.9 Å². The van der Waals surface area contributed by atoms with Gasteiger partial charge in [0.25, 0.3) is 0 Å². The molecule has 0 heterocycles. The molecule has 0 radical (unpaired) electrons. The van der Waals surface area contributed by atoms with Crippen LogP contribution in [0, 0.1) is 0 Å². The molecule has 2 nitrogen and oxygen atoms in total. The quantitative estimate of drug-likeness (QED) is 0.881. The lowest BCUT2D eigenvalue weighted by atomic mass is 10.2. The lowest BCUT2D eigenvalue weighted by molar-refractivity contribution is 0.207. The fourth-order valence-corrected chi connectivity index (χ4v) is 1.60. The van der Waals surface area contributed by atoms with E-state index in [4.69, 9.17) is 10.5 Å². The van der Waals surface area contributed by atoms with Crippen molar-refractivity contribution in [1.29, 1.82) is 0 Å². The number of para-hydroxylation sites is 1. The number of nitrogens with two attached hydrogens (primary N) is 1. The van der Waals surface area contributed by atoms with Crippen LogP contribution in [0.25, 0.3) is 0 Å². The Morgan fingerprint density at radius 2 is 2.14 bits per heavy atom. The normalized spacial score (nSPS) is 12.5. The third-order valence-electron chi connectivity index (χ3n) is 1.98. The van der Waals surface area contributed by atoms with Gasteiger partial charge >= 0.3 is 0 Å². The Morgan fingerprint density at radius 3 is 2.79 bits per heavy atom. The molecule has 1 aromatic carbocycles. The molecule has 2 N–H and O–H groups in total. The Hall–Kier alpha value is -0.540. The predicted octanol–water partition coefficient (Wildman–Crippen LogP) is 2.96. The van der Waals surface area contributed by atoms with E-state index >= 15 is 0 Å². The minimum absolute atomic E-state index is 0.220. The molecule has 0 aliphatic heterocycles. The molecule has 0 aliphatic rings. The molecule has 0 aromatic heterocycles. The summed E-state index contributed by atoms with van der Waals surface area (Å²) in [7, 11) is 0. The highest BCUT2D eigenvalue weighted by molar-refractivity contribution is 9.10. The lowest BCUT2D eigenvalue weighted by Crippen LogP contribution is -2.14. The number of halogens is 1. The van der Waals surface area contributed by atoms with E-state index in [0.29, 0.717) is 0 Å². The summed E-state index contributed by atoms with van der Waals surface area (Å²) in [4.78, 5) is 0. The topological polar surface area (TPSA) is 35.2 Å². The average Bonchev–Trinajstić information content (AvgIpc) is 2.18. The Labute approximate surface area is 93.6 Å². The number of ether oxygens (including phenoxy) is 1. The summed E-state index contributed by atoms with van der Waals surface area (Å²) in [5, 5.41) is 0. The Kier molecular flexibility index (Phi) is 4.98. The second-order valence-corrected chi connectivity index (χ2v) is 4.14. The monoisotopic (exact) mass is 257 g/mol. The number of hydrogen-bond acceptors (Lipinski definition) is 2. The largest absolute Gasteiger partial charge is 0.490 e. The predicted molar refractivity (Wildman–Crippen MR) is 62.5 cm³/mol. The first-order valence-corrected chi connectivity index (χ1v) is 5.64. The van der Waals surface area contributed by atoms with Gasteiger partial charge in [0, 0.05) is 0 Å². The summed E-state index contributed by atoms with van der Waals surface area (Å²) < 4.78 is 6.74. The van der Waals surface area contributed by atoms with E-state index in [1.165, 1.54) is 0 Å². The molecule has 0 saturated heterocycles. The summed E-state index contributed by atoms with van der Waals surface area (Å²) in [5.41, 5.74) is 5.44. The van der Waals surface area contributed by atoms with Gasteiger partial charge in [0.05, 0.1) is 10.6 Å². The highest BCUT2D eigenvalue weighted by Crippen LogP contribution is 2.25. The summed E-state index contributed by atoms with van der Waals surface area (Å²) in [5.74, 6) is 0.900. The molecule has 3 heteroatoms. The molecule has 1 atom stereocenters. The van der Waals surface area contributed by atoms with Crippen molar-refractivity contribution in [2.45, 2.75) is 25.9 Å². The molecule has 1 aromatic rings. The first-order valence-electron chi connectivity index (χ1n) is 4.85. The average molecular weight is 258 g/mol. The van der Waals surface area contributed by atoms with Gasteiger partial charge in [-0.15, -0.1) is 0 Å². The van der Waals surface area contributed by atoms with E-state index < -0.39 is 0 Å². The van der Waals surface area contributed by atoms with E-state index in [1.807, 2.05) is 24.3 Å². The van der Waals surface area contributed by atoms with Crippen LogP contribution in [-0.2, 0) is 0 Å². The van der Waals surface area contributed by atoms with E-state index in [1.54, 1.807) is 0 Å². The van der Waals surface area contributed by atoms with Crippen molar-refractivity contribution in [1.82, 2.24) is 0 Å². The second kappa shape index (κ2) is 6.04. The zero-order chi connectivity index (χ0) is 10.4. The molecule has 0 fully saturated rings. The minimum Gasteiger partial charge on any atom is -0.490 e. The molecule has 1 unspecified atom stereocenters. The molecule has 14 heavy (non-hydrogen) atoms. The third kappa shape index (κ3) is 3.68. The van der Waals surface area contributed by atoms with Gasteiger partial charge in [-0.05, 0) is 54.4 Å². The molecule has 0 saturated carbocycles. The van der Waals surface area contributed by atoms with E-state index in [0.717, 1.165) is 29.6 Å².